The molecule has 1 aliphatic heterocycles. The number of hydrogen-bond donors (Lipinski definition) is 0. The molecule has 1 saturated heterocycles. The second-order valence-electron chi connectivity index (χ2n) is 8.63. The molecule has 1 fully saturated rings. The molecular weight excluding hydrogens is 442 g/mol. The zero-order chi connectivity index (χ0) is 24.8. The third-order valence-electron chi connectivity index (χ3n) is 6.12. The standard InChI is InChI=1S/C29H27NO5/c1-20(31)27(32)18-21-2-6-24(7-3-21)29(34)25-8-4-22(5-9-25)19-28(33)23-10-12-26(13-11-23)30-14-16-35-17-15-30/h2-13H,14-19H2,1H3. The third kappa shape index (κ3) is 6.16. The second kappa shape index (κ2) is 11.0. The van der Waals surface area contributed by atoms with Gasteiger partial charge in [-0.05, 0) is 35.4 Å². The van der Waals surface area contributed by atoms with Crippen molar-refractivity contribution in [3.63, 3.8) is 0 Å². The van der Waals surface area contributed by atoms with Crippen LogP contribution in [0.3, 0.4) is 0 Å². The summed E-state index contributed by atoms with van der Waals surface area (Å²) in [6.07, 6.45) is 0.284. The lowest BCUT2D eigenvalue weighted by Gasteiger charge is -2.28. The van der Waals surface area contributed by atoms with Crippen LogP contribution in [0.4, 0.5) is 5.69 Å². The maximum absolute atomic E-state index is 12.8. The van der Waals surface area contributed by atoms with E-state index in [2.05, 4.69) is 4.90 Å². The molecule has 0 spiro atoms. The fraction of sp³-hybridized carbons (Fsp3) is 0.241. The lowest BCUT2D eigenvalue weighted by atomic mass is 9.97. The van der Waals surface area contributed by atoms with E-state index in [0.717, 1.165) is 24.3 Å². The summed E-state index contributed by atoms with van der Waals surface area (Å²) < 4.78 is 5.38. The summed E-state index contributed by atoms with van der Waals surface area (Å²) in [6.45, 7) is 4.38. The van der Waals surface area contributed by atoms with E-state index >= 15 is 0 Å². The molecule has 4 rings (SSSR count). The van der Waals surface area contributed by atoms with Gasteiger partial charge < -0.3 is 9.64 Å². The molecule has 0 aliphatic carbocycles. The fourth-order valence-corrected chi connectivity index (χ4v) is 3.99. The Kier molecular flexibility index (Phi) is 7.63. The van der Waals surface area contributed by atoms with Gasteiger partial charge in [-0.2, -0.15) is 0 Å². The van der Waals surface area contributed by atoms with Crippen LogP contribution in [0.15, 0.2) is 72.8 Å². The molecule has 35 heavy (non-hydrogen) atoms. The molecule has 0 radical (unpaired) electrons. The Bertz CT molecular complexity index is 1220. The van der Waals surface area contributed by atoms with Crippen molar-refractivity contribution in [2.24, 2.45) is 0 Å². The van der Waals surface area contributed by atoms with Crippen LogP contribution < -0.4 is 4.90 Å². The molecule has 0 amide bonds. The molecule has 178 valence electrons. The topological polar surface area (TPSA) is 80.8 Å². The molecule has 3 aromatic carbocycles. The van der Waals surface area contributed by atoms with Crippen molar-refractivity contribution in [3.8, 4) is 0 Å². The SMILES string of the molecule is CC(=O)C(=O)Cc1ccc(C(=O)c2ccc(CC(=O)c3ccc(N4CCOCC4)cc3)cc2)cc1. The number of carbonyl (C=O) groups excluding carboxylic acids is 4. The van der Waals surface area contributed by atoms with Crippen LogP contribution in [0.25, 0.3) is 0 Å². The summed E-state index contributed by atoms with van der Waals surface area (Å²) in [6, 6.07) is 21.4. The van der Waals surface area contributed by atoms with Crippen LogP contribution in [0.5, 0.6) is 0 Å². The van der Waals surface area contributed by atoms with Gasteiger partial charge in [-0.3, -0.25) is 19.2 Å². The van der Waals surface area contributed by atoms with Crippen LogP contribution in [-0.2, 0) is 27.2 Å². The van der Waals surface area contributed by atoms with Gasteiger partial charge in [-0.15, -0.1) is 0 Å². The van der Waals surface area contributed by atoms with Crippen LogP contribution in [0.1, 0.15) is 44.3 Å². The minimum Gasteiger partial charge on any atom is -0.378 e. The highest BCUT2D eigenvalue weighted by molar-refractivity contribution is 6.36. The average Bonchev–Trinajstić information content (AvgIpc) is 2.89. The van der Waals surface area contributed by atoms with Gasteiger partial charge in [0.25, 0.3) is 0 Å². The van der Waals surface area contributed by atoms with Crippen molar-refractivity contribution < 1.29 is 23.9 Å². The van der Waals surface area contributed by atoms with Crippen LogP contribution in [0, 0.1) is 0 Å². The number of benzene rings is 3. The molecule has 0 aromatic heterocycles. The number of nitrogens with zero attached hydrogens (tertiary/aromatic N) is 1. The van der Waals surface area contributed by atoms with E-state index in [-0.39, 0.29) is 24.4 Å². The molecular formula is C29H27NO5. The predicted octanol–water partition coefficient (Wildman–Crippen LogP) is 3.88. The summed E-state index contributed by atoms with van der Waals surface area (Å²) in [5.41, 5.74) is 4.28. The van der Waals surface area contributed by atoms with Crippen LogP contribution in [-0.4, -0.2) is 49.4 Å². The molecule has 0 N–H and O–H groups in total. The summed E-state index contributed by atoms with van der Waals surface area (Å²) in [5.74, 6) is -1.06. The predicted molar refractivity (Wildman–Crippen MR) is 133 cm³/mol. The molecule has 1 aliphatic rings. The molecule has 3 aromatic rings. The molecule has 6 heteroatoms. The number of hydrogen-bond acceptors (Lipinski definition) is 6. The van der Waals surface area contributed by atoms with Gasteiger partial charge in [0, 0.05) is 55.2 Å². The van der Waals surface area contributed by atoms with E-state index in [1.54, 1.807) is 48.5 Å². The van der Waals surface area contributed by atoms with E-state index in [0.29, 0.717) is 35.5 Å². The lowest BCUT2D eigenvalue weighted by Crippen LogP contribution is -2.36. The van der Waals surface area contributed by atoms with E-state index in [4.69, 9.17) is 4.74 Å². The van der Waals surface area contributed by atoms with Gasteiger partial charge in [0.05, 0.1) is 13.2 Å². The van der Waals surface area contributed by atoms with Crippen LogP contribution in [0.2, 0.25) is 0 Å². The zero-order valence-electron chi connectivity index (χ0n) is 19.7. The van der Waals surface area contributed by atoms with Crippen molar-refractivity contribution in [2.75, 3.05) is 31.2 Å². The maximum Gasteiger partial charge on any atom is 0.202 e. The zero-order valence-corrected chi connectivity index (χ0v) is 19.7. The Morgan fingerprint density at radius 2 is 1.17 bits per heavy atom. The summed E-state index contributed by atoms with van der Waals surface area (Å²) in [4.78, 5) is 50.5. The van der Waals surface area contributed by atoms with Gasteiger partial charge in [-0.1, -0.05) is 48.5 Å². The lowest BCUT2D eigenvalue weighted by molar-refractivity contribution is -0.134. The van der Waals surface area contributed by atoms with Crippen molar-refractivity contribution in [1.29, 1.82) is 0 Å². The molecule has 0 atom stereocenters. The van der Waals surface area contributed by atoms with Crippen molar-refractivity contribution in [1.82, 2.24) is 0 Å². The summed E-state index contributed by atoms with van der Waals surface area (Å²) in [5, 5.41) is 0. The molecule has 6 nitrogen and oxygen atoms in total. The normalized spacial score (nSPS) is 13.3. The number of ether oxygens (including phenoxy) is 1. The van der Waals surface area contributed by atoms with E-state index in [9.17, 15) is 19.2 Å². The van der Waals surface area contributed by atoms with Crippen molar-refractivity contribution in [2.45, 2.75) is 19.8 Å². The number of rotatable bonds is 9. The molecule has 0 unspecified atom stereocenters. The van der Waals surface area contributed by atoms with Gasteiger partial charge in [-0.25, -0.2) is 0 Å². The first-order valence-electron chi connectivity index (χ1n) is 11.6. The number of anilines is 1. The smallest absolute Gasteiger partial charge is 0.202 e. The van der Waals surface area contributed by atoms with Gasteiger partial charge in [0.2, 0.25) is 5.78 Å². The van der Waals surface area contributed by atoms with E-state index in [1.807, 2.05) is 24.3 Å². The molecule has 0 saturated carbocycles. The number of morpholine rings is 1. The highest BCUT2D eigenvalue weighted by Crippen LogP contribution is 2.19. The Hall–Kier alpha value is -3.90. The van der Waals surface area contributed by atoms with Crippen molar-refractivity contribution in [3.05, 3.63) is 101 Å². The highest BCUT2D eigenvalue weighted by Gasteiger charge is 2.14. The number of ketones is 4. The quantitative estimate of drug-likeness (QED) is 0.350. The third-order valence-corrected chi connectivity index (χ3v) is 6.12. The van der Waals surface area contributed by atoms with Gasteiger partial charge >= 0.3 is 0 Å². The van der Waals surface area contributed by atoms with E-state index < -0.39 is 11.6 Å². The number of carbonyl (C=O) groups is 4. The Morgan fingerprint density at radius 1 is 0.686 bits per heavy atom. The molecule has 1 heterocycles. The summed E-state index contributed by atoms with van der Waals surface area (Å²) >= 11 is 0. The first-order chi connectivity index (χ1) is 16.9. The second-order valence-corrected chi connectivity index (χ2v) is 8.63. The average molecular weight is 470 g/mol. The largest absolute Gasteiger partial charge is 0.378 e. The Labute approximate surface area is 204 Å². The Morgan fingerprint density at radius 3 is 1.69 bits per heavy atom. The highest BCUT2D eigenvalue weighted by atomic mass is 16.5. The fourth-order valence-electron chi connectivity index (χ4n) is 3.99. The first-order valence-corrected chi connectivity index (χ1v) is 11.6. The maximum atomic E-state index is 12.8. The van der Waals surface area contributed by atoms with Gasteiger partial charge in [0.15, 0.2) is 17.3 Å². The summed E-state index contributed by atoms with van der Waals surface area (Å²) in [7, 11) is 0. The number of Topliss-reactive ketones (excluding diaryl/α,β-unsaturated/α-hetero) is 3. The van der Waals surface area contributed by atoms with Gasteiger partial charge in [0.1, 0.15) is 0 Å². The van der Waals surface area contributed by atoms with Crippen LogP contribution >= 0.6 is 0 Å². The molecule has 0 bridgehead atoms. The minimum atomic E-state index is -0.478. The minimum absolute atomic E-state index is 0.0216. The Balaban J connectivity index is 1.36. The monoisotopic (exact) mass is 469 g/mol. The van der Waals surface area contributed by atoms with Crippen molar-refractivity contribution >= 4 is 28.8 Å². The van der Waals surface area contributed by atoms with E-state index in [1.165, 1.54) is 6.92 Å². The first kappa shape index (κ1) is 24.2.